The van der Waals surface area contributed by atoms with Gasteiger partial charge in [-0.25, -0.2) is 4.98 Å². The van der Waals surface area contributed by atoms with Gasteiger partial charge in [-0.3, -0.25) is 14.7 Å². The predicted molar refractivity (Wildman–Crippen MR) is 138 cm³/mol. The number of aromatic nitrogens is 3. The van der Waals surface area contributed by atoms with Crippen molar-refractivity contribution in [3.63, 3.8) is 0 Å². The number of aromatic amines is 1. The van der Waals surface area contributed by atoms with Gasteiger partial charge < -0.3 is 20.3 Å². The van der Waals surface area contributed by atoms with E-state index in [0.717, 1.165) is 30.5 Å². The lowest BCUT2D eigenvalue weighted by Crippen LogP contribution is -2.44. The third-order valence-electron chi connectivity index (χ3n) is 6.05. The van der Waals surface area contributed by atoms with Gasteiger partial charge in [-0.05, 0) is 55.3 Å². The molecule has 3 heterocycles. The molecule has 4 aromatic rings. The Morgan fingerprint density at radius 1 is 1.11 bits per heavy atom. The van der Waals surface area contributed by atoms with Crippen LogP contribution in [0.15, 0.2) is 79.5 Å². The van der Waals surface area contributed by atoms with Crippen LogP contribution in [0, 0.1) is 0 Å². The van der Waals surface area contributed by atoms with Crippen molar-refractivity contribution in [3.05, 3.63) is 85.1 Å². The Balaban J connectivity index is 1.31. The number of carbonyl (C=O) groups excluding carboxylic acids is 2. The highest BCUT2D eigenvalue weighted by Gasteiger charge is 2.24. The van der Waals surface area contributed by atoms with Crippen molar-refractivity contribution in [2.75, 3.05) is 23.7 Å². The van der Waals surface area contributed by atoms with E-state index >= 15 is 0 Å². The molecule has 1 unspecified atom stereocenters. The second-order valence-electron chi connectivity index (χ2n) is 8.52. The van der Waals surface area contributed by atoms with Crippen LogP contribution in [0.25, 0.3) is 11.0 Å². The Hall–Kier alpha value is -4.66. The second-order valence-corrected chi connectivity index (χ2v) is 8.52. The van der Waals surface area contributed by atoms with Crippen molar-refractivity contribution in [1.29, 1.82) is 0 Å². The fourth-order valence-electron chi connectivity index (χ4n) is 4.26. The van der Waals surface area contributed by atoms with E-state index in [0.29, 0.717) is 35.1 Å². The summed E-state index contributed by atoms with van der Waals surface area (Å²) >= 11 is 0. The first-order chi connectivity index (χ1) is 17.6. The zero-order valence-electron chi connectivity index (χ0n) is 19.6. The summed E-state index contributed by atoms with van der Waals surface area (Å²) in [7, 11) is 0. The lowest BCUT2D eigenvalue weighted by atomic mass is 10.1. The quantitative estimate of drug-likeness (QED) is 0.332. The number of hydrogen-bond donors (Lipinski definition) is 3. The number of H-pyrrole nitrogens is 1. The first-order valence-electron chi connectivity index (χ1n) is 11.8. The van der Waals surface area contributed by atoms with Gasteiger partial charge in [0, 0.05) is 42.6 Å². The van der Waals surface area contributed by atoms with Gasteiger partial charge in [-0.15, -0.1) is 0 Å². The zero-order chi connectivity index (χ0) is 24.9. The van der Waals surface area contributed by atoms with Crippen LogP contribution in [-0.2, 0) is 4.79 Å². The molecule has 1 aliphatic rings. The molecule has 0 radical (unpaired) electrons. The van der Waals surface area contributed by atoms with Crippen LogP contribution in [0.5, 0.6) is 11.5 Å². The fraction of sp³-hybridized carbons (Fsp3) is 0.185. The van der Waals surface area contributed by atoms with E-state index in [9.17, 15) is 9.59 Å². The van der Waals surface area contributed by atoms with Gasteiger partial charge in [0.2, 0.25) is 5.91 Å². The van der Waals surface area contributed by atoms with E-state index in [2.05, 4.69) is 32.4 Å². The lowest BCUT2D eigenvalue weighted by molar-refractivity contribution is -0.127. The van der Waals surface area contributed by atoms with Crippen LogP contribution < -0.4 is 15.4 Å². The smallest absolute Gasteiger partial charge is 0.255 e. The Morgan fingerprint density at radius 3 is 2.69 bits per heavy atom. The summed E-state index contributed by atoms with van der Waals surface area (Å²) < 4.78 is 6.16. The van der Waals surface area contributed by atoms with Gasteiger partial charge in [0.25, 0.3) is 5.91 Å². The summed E-state index contributed by atoms with van der Waals surface area (Å²) in [5.41, 5.74) is 1.84. The van der Waals surface area contributed by atoms with E-state index in [1.807, 2.05) is 30.3 Å². The van der Waals surface area contributed by atoms with Gasteiger partial charge in [-0.2, -0.15) is 5.10 Å². The first-order valence-corrected chi connectivity index (χ1v) is 11.8. The first kappa shape index (κ1) is 23.1. The van der Waals surface area contributed by atoms with Crippen molar-refractivity contribution < 1.29 is 14.3 Å². The molecule has 5 rings (SSSR count). The number of nitrogens with one attached hydrogen (secondary N) is 3. The number of amides is 2. The average Bonchev–Trinajstić information content (AvgIpc) is 3.33. The molecule has 1 atom stereocenters. The Kier molecular flexibility index (Phi) is 6.61. The average molecular weight is 483 g/mol. The second kappa shape index (κ2) is 10.3. The number of fused-ring (bicyclic) bond motifs is 1. The Labute approximate surface area is 208 Å². The van der Waals surface area contributed by atoms with Crippen molar-refractivity contribution in [1.82, 2.24) is 20.1 Å². The standard InChI is InChI=1S/C27H26N6O3/c1-2-23(34)33-16-6-9-20(17-33)29-26-24-22(14-15-28-25(24)31-32-26)36-21-12-10-18(11-13-21)27(35)30-19-7-4-3-5-8-19/h2-5,7-8,10-15,20H,1,6,9,16-17H2,(H,30,35)(H2,28,29,31,32). The highest BCUT2D eigenvalue weighted by molar-refractivity contribution is 6.04. The molecule has 2 aromatic heterocycles. The molecule has 0 spiro atoms. The molecule has 0 aliphatic carbocycles. The molecule has 0 saturated carbocycles. The SMILES string of the molecule is C=CC(=O)N1CCCC(Nc2n[nH]c3nccc(Oc4ccc(C(=O)Nc5ccccc5)cc4)c23)C1. The van der Waals surface area contributed by atoms with Crippen molar-refractivity contribution in [2.45, 2.75) is 18.9 Å². The number of para-hydroxylation sites is 1. The van der Waals surface area contributed by atoms with Crippen molar-refractivity contribution in [3.8, 4) is 11.5 Å². The van der Waals surface area contributed by atoms with Gasteiger partial charge in [0.15, 0.2) is 11.5 Å². The highest BCUT2D eigenvalue weighted by Crippen LogP contribution is 2.33. The maximum Gasteiger partial charge on any atom is 0.255 e. The summed E-state index contributed by atoms with van der Waals surface area (Å²) in [4.78, 5) is 30.7. The molecule has 1 fully saturated rings. The Bertz CT molecular complexity index is 1380. The van der Waals surface area contributed by atoms with Gasteiger partial charge >= 0.3 is 0 Å². The molecular weight excluding hydrogens is 456 g/mol. The number of anilines is 2. The monoisotopic (exact) mass is 482 g/mol. The molecule has 1 aliphatic heterocycles. The molecule has 36 heavy (non-hydrogen) atoms. The van der Waals surface area contributed by atoms with Crippen LogP contribution in [0.4, 0.5) is 11.5 Å². The zero-order valence-corrected chi connectivity index (χ0v) is 19.6. The third-order valence-corrected chi connectivity index (χ3v) is 6.05. The number of pyridine rings is 1. The number of carbonyl (C=O) groups is 2. The largest absolute Gasteiger partial charge is 0.456 e. The number of likely N-dealkylation sites (tertiary alicyclic amines) is 1. The molecule has 182 valence electrons. The molecule has 1 saturated heterocycles. The number of benzene rings is 2. The lowest BCUT2D eigenvalue weighted by Gasteiger charge is -2.32. The normalized spacial score (nSPS) is 15.3. The maximum absolute atomic E-state index is 12.5. The summed E-state index contributed by atoms with van der Waals surface area (Å²) in [6.45, 7) is 4.88. The number of rotatable bonds is 7. The molecule has 9 heteroatoms. The topological polar surface area (TPSA) is 112 Å². The van der Waals surface area contributed by atoms with Gasteiger partial charge in [0.05, 0.1) is 0 Å². The maximum atomic E-state index is 12.5. The van der Waals surface area contributed by atoms with Crippen LogP contribution >= 0.6 is 0 Å². The fourth-order valence-corrected chi connectivity index (χ4v) is 4.26. The molecule has 2 aromatic carbocycles. The summed E-state index contributed by atoms with van der Waals surface area (Å²) in [5, 5.41) is 14.4. The van der Waals surface area contributed by atoms with Gasteiger partial charge in [-0.1, -0.05) is 24.8 Å². The third kappa shape index (κ3) is 5.05. The number of nitrogens with zero attached hydrogens (tertiary/aromatic N) is 3. The van der Waals surface area contributed by atoms with Crippen LogP contribution in [-0.4, -0.2) is 51.0 Å². The van der Waals surface area contributed by atoms with Crippen LogP contribution in [0.2, 0.25) is 0 Å². The van der Waals surface area contributed by atoms with E-state index in [1.54, 1.807) is 41.4 Å². The Morgan fingerprint density at radius 2 is 1.92 bits per heavy atom. The minimum Gasteiger partial charge on any atom is -0.456 e. The van der Waals surface area contributed by atoms with Crippen LogP contribution in [0.1, 0.15) is 23.2 Å². The predicted octanol–water partition coefficient (Wildman–Crippen LogP) is 4.59. The van der Waals surface area contributed by atoms with E-state index in [1.165, 1.54) is 6.08 Å². The number of piperidine rings is 1. The molecule has 2 amide bonds. The van der Waals surface area contributed by atoms with E-state index in [-0.39, 0.29) is 17.9 Å². The van der Waals surface area contributed by atoms with Crippen molar-refractivity contribution >= 4 is 34.4 Å². The minimum absolute atomic E-state index is 0.0459. The van der Waals surface area contributed by atoms with Crippen molar-refractivity contribution in [2.24, 2.45) is 0 Å². The van der Waals surface area contributed by atoms with Gasteiger partial charge in [0.1, 0.15) is 16.9 Å². The number of hydrogen-bond acceptors (Lipinski definition) is 6. The summed E-state index contributed by atoms with van der Waals surface area (Å²) in [6.07, 6.45) is 4.80. The number of ether oxygens (including phenoxy) is 1. The minimum atomic E-state index is -0.197. The summed E-state index contributed by atoms with van der Waals surface area (Å²) in [6, 6.07) is 18.0. The highest BCUT2D eigenvalue weighted by atomic mass is 16.5. The van der Waals surface area contributed by atoms with E-state index in [4.69, 9.17) is 4.74 Å². The van der Waals surface area contributed by atoms with Crippen LogP contribution in [0.3, 0.4) is 0 Å². The molecular formula is C27H26N6O3. The molecule has 9 nitrogen and oxygen atoms in total. The molecule has 3 N–H and O–H groups in total. The summed E-state index contributed by atoms with van der Waals surface area (Å²) in [5.74, 6) is 1.50. The molecule has 0 bridgehead atoms. The van der Waals surface area contributed by atoms with E-state index < -0.39 is 0 Å².